The number of piperazine rings is 1. The SMILES string of the molecule is O=S(=O)(c1cccc(C(F)(F)F)c1)N1CCN=C1N1CCN(C2CCC2)CC1. The Morgan fingerprint density at radius 1 is 1.04 bits per heavy atom. The zero-order valence-electron chi connectivity index (χ0n) is 15.4. The van der Waals surface area contributed by atoms with Crippen LogP contribution >= 0.6 is 0 Å². The number of benzene rings is 1. The van der Waals surface area contributed by atoms with Crippen molar-refractivity contribution in [2.75, 3.05) is 39.3 Å². The van der Waals surface area contributed by atoms with E-state index in [1.54, 1.807) is 0 Å². The molecular weight excluding hydrogens is 393 g/mol. The third kappa shape index (κ3) is 3.59. The predicted octanol–water partition coefficient (Wildman–Crippen LogP) is 2.24. The van der Waals surface area contributed by atoms with Gasteiger partial charge >= 0.3 is 6.18 Å². The molecule has 0 aromatic heterocycles. The van der Waals surface area contributed by atoms with Gasteiger partial charge < -0.3 is 4.90 Å². The lowest BCUT2D eigenvalue weighted by Gasteiger charge is -2.44. The molecule has 0 amide bonds. The molecule has 6 nitrogen and oxygen atoms in total. The number of sulfonamides is 1. The Labute approximate surface area is 162 Å². The smallest absolute Gasteiger partial charge is 0.339 e. The van der Waals surface area contributed by atoms with Crippen LogP contribution in [0.3, 0.4) is 0 Å². The van der Waals surface area contributed by atoms with Crippen molar-refractivity contribution in [1.82, 2.24) is 14.1 Å². The molecule has 154 valence electrons. The van der Waals surface area contributed by atoms with Gasteiger partial charge in [-0.2, -0.15) is 13.2 Å². The summed E-state index contributed by atoms with van der Waals surface area (Å²) >= 11 is 0. The highest BCUT2D eigenvalue weighted by Gasteiger charge is 2.38. The molecule has 3 aliphatic rings. The Morgan fingerprint density at radius 2 is 1.75 bits per heavy atom. The lowest BCUT2D eigenvalue weighted by Crippen LogP contribution is -2.56. The van der Waals surface area contributed by atoms with Crippen molar-refractivity contribution in [1.29, 1.82) is 0 Å². The number of halogens is 3. The van der Waals surface area contributed by atoms with Gasteiger partial charge in [-0.25, -0.2) is 12.7 Å². The Balaban J connectivity index is 1.51. The van der Waals surface area contributed by atoms with Crippen LogP contribution in [0.2, 0.25) is 0 Å². The minimum Gasteiger partial charge on any atom is -0.339 e. The lowest BCUT2D eigenvalue weighted by molar-refractivity contribution is -0.137. The molecule has 0 atom stereocenters. The lowest BCUT2D eigenvalue weighted by atomic mass is 9.91. The van der Waals surface area contributed by atoms with Crippen LogP contribution in [0.5, 0.6) is 0 Å². The molecule has 1 aromatic carbocycles. The van der Waals surface area contributed by atoms with Crippen molar-refractivity contribution in [3.8, 4) is 0 Å². The van der Waals surface area contributed by atoms with Crippen molar-refractivity contribution in [3.05, 3.63) is 29.8 Å². The maximum Gasteiger partial charge on any atom is 0.416 e. The molecular formula is C18H23F3N4O2S. The molecule has 1 aliphatic carbocycles. The fraction of sp³-hybridized carbons (Fsp3) is 0.611. The highest BCUT2D eigenvalue weighted by atomic mass is 32.2. The summed E-state index contributed by atoms with van der Waals surface area (Å²) in [6, 6.07) is 4.53. The predicted molar refractivity (Wildman–Crippen MR) is 98.4 cm³/mol. The van der Waals surface area contributed by atoms with E-state index in [0.29, 0.717) is 37.7 Å². The van der Waals surface area contributed by atoms with Crippen LogP contribution in [-0.4, -0.2) is 73.8 Å². The molecule has 1 saturated carbocycles. The first-order valence-electron chi connectivity index (χ1n) is 9.50. The van der Waals surface area contributed by atoms with Crippen LogP contribution in [0.4, 0.5) is 13.2 Å². The first-order valence-corrected chi connectivity index (χ1v) is 10.9. The van der Waals surface area contributed by atoms with Gasteiger partial charge in [-0.1, -0.05) is 12.5 Å². The minimum atomic E-state index is -4.59. The Bertz CT molecular complexity index is 860. The number of nitrogens with zero attached hydrogens (tertiary/aromatic N) is 4. The number of hydrogen-bond donors (Lipinski definition) is 0. The van der Waals surface area contributed by atoms with E-state index in [-0.39, 0.29) is 11.4 Å². The fourth-order valence-corrected chi connectivity index (χ4v) is 5.40. The largest absolute Gasteiger partial charge is 0.416 e. The zero-order chi connectivity index (χ0) is 19.9. The number of aliphatic imine (C=N–C) groups is 1. The number of rotatable bonds is 3. The summed E-state index contributed by atoms with van der Waals surface area (Å²) < 4.78 is 66.2. The molecule has 1 aromatic rings. The Hall–Kier alpha value is -1.81. The molecule has 0 N–H and O–H groups in total. The summed E-state index contributed by atoms with van der Waals surface area (Å²) in [7, 11) is -4.10. The Kier molecular flexibility index (Phi) is 5.03. The van der Waals surface area contributed by atoms with Gasteiger partial charge in [0, 0.05) is 32.2 Å². The van der Waals surface area contributed by atoms with Gasteiger partial charge in [0.1, 0.15) is 0 Å². The second-order valence-corrected chi connectivity index (χ2v) is 9.25. The van der Waals surface area contributed by atoms with Gasteiger partial charge in [0.2, 0.25) is 5.96 Å². The van der Waals surface area contributed by atoms with E-state index in [9.17, 15) is 21.6 Å². The summed E-state index contributed by atoms with van der Waals surface area (Å²) in [6.07, 6.45) is -0.889. The van der Waals surface area contributed by atoms with Crippen LogP contribution in [-0.2, 0) is 16.2 Å². The van der Waals surface area contributed by atoms with Gasteiger partial charge in [-0.3, -0.25) is 9.89 Å². The van der Waals surface area contributed by atoms with Crippen LogP contribution in [0.15, 0.2) is 34.2 Å². The van der Waals surface area contributed by atoms with Crippen LogP contribution in [0.25, 0.3) is 0 Å². The molecule has 0 bridgehead atoms. The van der Waals surface area contributed by atoms with Gasteiger partial charge in [0.15, 0.2) is 0 Å². The van der Waals surface area contributed by atoms with Gasteiger partial charge in [-0.15, -0.1) is 0 Å². The van der Waals surface area contributed by atoms with Crippen molar-refractivity contribution in [3.63, 3.8) is 0 Å². The average molecular weight is 416 g/mol. The van der Waals surface area contributed by atoms with Gasteiger partial charge in [0.25, 0.3) is 10.0 Å². The normalized spacial score (nSPS) is 22.3. The standard InChI is InChI=1S/C18H23F3N4O2S/c19-18(20,21)14-3-1-6-16(13-14)28(26,27)25-8-7-22-17(25)24-11-9-23(10-12-24)15-4-2-5-15/h1,3,6,13,15H,2,4-5,7-12H2. The van der Waals surface area contributed by atoms with Crippen LogP contribution < -0.4 is 0 Å². The van der Waals surface area contributed by atoms with E-state index in [0.717, 1.165) is 29.5 Å². The molecule has 28 heavy (non-hydrogen) atoms. The maximum atomic E-state index is 13.0. The second kappa shape index (κ2) is 7.22. The molecule has 2 heterocycles. The van der Waals surface area contributed by atoms with Crippen molar-refractivity contribution >= 4 is 16.0 Å². The van der Waals surface area contributed by atoms with E-state index in [2.05, 4.69) is 9.89 Å². The summed E-state index contributed by atoms with van der Waals surface area (Å²) in [6.45, 7) is 3.50. The topological polar surface area (TPSA) is 56.2 Å². The van der Waals surface area contributed by atoms with E-state index in [4.69, 9.17) is 0 Å². The summed E-state index contributed by atoms with van der Waals surface area (Å²) in [5, 5.41) is 0. The molecule has 0 spiro atoms. The van der Waals surface area contributed by atoms with Gasteiger partial charge in [0.05, 0.1) is 23.5 Å². The molecule has 1 saturated heterocycles. The van der Waals surface area contributed by atoms with Gasteiger partial charge in [-0.05, 0) is 31.0 Å². The van der Waals surface area contributed by atoms with Crippen molar-refractivity contribution in [2.45, 2.75) is 36.4 Å². The molecule has 2 fully saturated rings. The highest BCUT2D eigenvalue weighted by molar-refractivity contribution is 7.89. The monoisotopic (exact) mass is 416 g/mol. The number of guanidine groups is 1. The first-order chi connectivity index (χ1) is 13.3. The third-order valence-electron chi connectivity index (χ3n) is 5.72. The molecule has 4 rings (SSSR count). The highest BCUT2D eigenvalue weighted by Crippen LogP contribution is 2.32. The maximum absolute atomic E-state index is 13.0. The van der Waals surface area contributed by atoms with Crippen molar-refractivity contribution in [2.24, 2.45) is 4.99 Å². The molecule has 0 radical (unpaired) electrons. The summed E-state index contributed by atoms with van der Waals surface area (Å²) in [5.74, 6) is 0.352. The second-order valence-electron chi connectivity index (χ2n) is 7.39. The van der Waals surface area contributed by atoms with E-state index >= 15 is 0 Å². The quantitative estimate of drug-likeness (QED) is 0.759. The van der Waals surface area contributed by atoms with E-state index < -0.39 is 21.8 Å². The first kappa shape index (κ1) is 19.5. The summed E-state index contributed by atoms with van der Waals surface area (Å²) in [5.41, 5.74) is -0.972. The summed E-state index contributed by atoms with van der Waals surface area (Å²) in [4.78, 5) is 8.37. The van der Waals surface area contributed by atoms with E-state index in [1.165, 1.54) is 25.3 Å². The fourth-order valence-electron chi connectivity index (χ4n) is 3.90. The molecule has 0 unspecified atom stereocenters. The number of hydrogen-bond acceptors (Lipinski definition) is 5. The van der Waals surface area contributed by atoms with E-state index in [1.807, 2.05) is 4.90 Å². The third-order valence-corrected chi connectivity index (χ3v) is 7.49. The molecule has 10 heteroatoms. The number of alkyl halides is 3. The Morgan fingerprint density at radius 3 is 2.36 bits per heavy atom. The average Bonchev–Trinajstić information content (AvgIpc) is 3.11. The zero-order valence-corrected chi connectivity index (χ0v) is 16.2. The van der Waals surface area contributed by atoms with Crippen molar-refractivity contribution < 1.29 is 21.6 Å². The van der Waals surface area contributed by atoms with Crippen LogP contribution in [0, 0.1) is 0 Å². The molecule has 2 aliphatic heterocycles. The van der Waals surface area contributed by atoms with Crippen LogP contribution in [0.1, 0.15) is 24.8 Å². The minimum absolute atomic E-state index is 0.150.